The molecule has 1 aliphatic rings. The molecule has 4 nitrogen and oxygen atoms in total. The number of hydrogen-bond acceptors (Lipinski definition) is 3. The highest BCUT2D eigenvalue weighted by Gasteiger charge is 2.35. The van der Waals surface area contributed by atoms with Gasteiger partial charge in [0.15, 0.2) is 0 Å². The van der Waals surface area contributed by atoms with E-state index in [-0.39, 0.29) is 11.9 Å². The summed E-state index contributed by atoms with van der Waals surface area (Å²) in [4.78, 5) is 20.1. The monoisotopic (exact) mass is 399 g/mol. The predicted octanol–water partition coefficient (Wildman–Crippen LogP) is 4.07. The molecule has 0 spiro atoms. The van der Waals surface area contributed by atoms with Gasteiger partial charge in [0.05, 0.1) is 0 Å². The van der Waals surface area contributed by atoms with Crippen molar-refractivity contribution < 1.29 is 4.79 Å². The molecule has 1 aliphatic heterocycles. The first-order chi connectivity index (χ1) is 13.6. The Balaban J connectivity index is 1.78. The van der Waals surface area contributed by atoms with E-state index in [2.05, 4.69) is 41.8 Å². The van der Waals surface area contributed by atoms with Crippen molar-refractivity contribution in [1.29, 1.82) is 0 Å². The van der Waals surface area contributed by atoms with Gasteiger partial charge in [-0.1, -0.05) is 67.9 Å². The largest absolute Gasteiger partial charge is 0.338 e. The number of carbonyl (C=O) groups excluding carboxylic acids is 1. The van der Waals surface area contributed by atoms with Gasteiger partial charge in [0.2, 0.25) is 5.91 Å². The SMILES string of the molecule is CCN(CC)CCN1CCN(Cc2cccc(Cl)c2)C(c2ccccc2)C1=O. The Morgan fingerprint density at radius 1 is 1.04 bits per heavy atom. The van der Waals surface area contributed by atoms with Crippen molar-refractivity contribution in [3.8, 4) is 0 Å². The van der Waals surface area contributed by atoms with Crippen LogP contribution in [-0.2, 0) is 11.3 Å². The summed E-state index contributed by atoms with van der Waals surface area (Å²) in [5.41, 5.74) is 2.19. The maximum atomic E-state index is 13.4. The van der Waals surface area contributed by atoms with Crippen LogP contribution in [-0.4, -0.2) is 59.9 Å². The molecule has 150 valence electrons. The fourth-order valence-corrected chi connectivity index (χ4v) is 4.08. The van der Waals surface area contributed by atoms with E-state index < -0.39 is 0 Å². The van der Waals surface area contributed by atoms with Gasteiger partial charge >= 0.3 is 0 Å². The van der Waals surface area contributed by atoms with Crippen molar-refractivity contribution >= 4 is 17.5 Å². The van der Waals surface area contributed by atoms with Crippen molar-refractivity contribution in [2.24, 2.45) is 0 Å². The Morgan fingerprint density at radius 3 is 2.46 bits per heavy atom. The summed E-state index contributed by atoms with van der Waals surface area (Å²) in [6.07, 6.45) is 0. The van der Waals surface area contributed by atoms with E-state index in [0.717, 1.165) is 62.0 Å². The van der Waals surface area contributed by atoms with Gasteiger partial charge < -0.3 is 9.80 Å². The smallest absolute Gasteiger partial charge is 0.244 e. The summed E-state index contributed by atoms with van der Waals surface area (Å²) in [6, 6.07) is 17.8. The third-order valence-electron chi connectivity index (χ3n) is 5.54. The van der Waals surface area contributed by atoms with E-state index in [1.807, 2.05) is 41.3 Å². The number of halogens is 1. The van der Waals surface area contributed by atoms with Crippen molar-refractivity contribution in [3.63, 3.8) is 0 Å². The van der Waals surface area contributed by atoms with Gasteiger partial charge in [0, 0.05) is 37.7 Å². The summed E-state index contributed by atoms with van der Waals surface area (Å²) < 4.78 is 0. The van der Waals surface area contributed by atoms with E-state index in [1.54, 1.807) is 0 Å². The van der Waals surface area contributed by atoms with Gasteiger partial charge in [0.1, 0.15) is 6.04 Å². The van der Waals surface area contributed by atoms with Gasteiger partial charge in [-0.3, -0.25) is 9.69 Å². The fourth-order valence-electron chi connectivity index (χ4n) is 3.87. The lowest BCUT2D eigenvalue weighted by atomic mass is 10.0. The molecular weight excluding hydrogens is 370 g/mol. The minimum absolute atomic E-state index is 0.201. The zero-order chi connectivity index (χ0) is 19.9. The summed E-state index contributed by atoms with van der Waals surface area (Å²) in [6.45, 7) is 10.4. The molecule has 0 aliphatic carbocycles. The number of likely N-dealkylation sites (N-methyl/N-ethyl adjacent to an activating group) is 1. The van der Waals surface area contributed by atoms with E-state index in [0.29, 0.717) is 0 Å². The van der Waals surface area contributed by atoms with E-state index in [9.17, 15) is 4.79 Å². The Morgan fingerprint density at radius 2 is 1.79 bits per heavy atom. The standard InChI is InChI=1S/C23H30ClN3O/c1-3-25(4-2)13-14-26-15-16-27(18-19-9-8-12-21(24)17-19)22(23(26)28)20-10-6-5-7-11-20/h5-12,17,22H,3-4,13-16,18H2,1-2H3. The van der Waals surface area contributed by atoms with Gasteiger partial charge in [0.25, 0.3) is 0 Å². The summed E-state index contributed by atoms with van der Waals surface area (Å²) >= 11 is 6.17. The zero-order valence-electron chi connectivity index (χ0n) is 16.9. The second kappa shape index (κ2) is 10.1. The molecule has 0 radical (unpaired) electrons. The molecule has 3 rings (SSSR count). The van der Waals surface area contributed by atoms with Crippen LogP contribution in [0.2, 0.25) is 5.02 Å². The lowest BCUT2D eigenvalue weighted by Gasteiger charge is -2.41. The molecule has 2 aromatic rings. The number of hydrogen-bond donors (Lipinski definition) is 0. The molecule has 0 N–H and O–H groups in total. The number of piperazine rings is 1. The van der Waals surface area contributed by atoms with E-state index in [4.69, 9.17) is 11.6 Å². The van der Waals surface area contributed by atoms with Gasteiger partial charge in [-0.25, -0.2) is 0 Å². The van der Waals surface area contributed by atoms with Crippen molar-refractivity contribution in [3.05, 3.63) is 70.7 Å². The first kappa shape index (κ1) is 20.8. The van der Waals surface area contributed by atoms with Crippen LogP contribution in [0.4, 0.5) is 0 Å². The topological polar surface area (TPSA) is 26.8 Å². The molecular formula is C23H30ClN3O. The van der Waals surface area contributed by atoms with Crippen LogP contribution in [0.3, 0.4) is 0 Å². The molecule has 1 fully saturated rings. The second-order valence-corrected chi connectivity index (χ2v) is 7.70. The van der Waals surface area contributed by atoms with Crippen LogP contribution in [0.15, 0.2) is 54.6 Å². The Bertz CT molecular complexity index is 763. The molecule has 0 aromatic heterocycles. The Labute approximate surface area is 173 Å². The number of rotatable bonds is 8. The molecule has 0 bridgehead atoms. The average Bonchev–Trinajstić information content (AvgIpc) is 2.71. The summed E-state index contributed by atoms with van der Waals surface area (Å²) in [5, 5.41) is 0.734. The minimum atomic E-state index is -0.245. The van der Waals surface area contributed by atoms with Gasteiger partial charge in [-0.15, -0.1) is 0 Å². The third kappa shape index (κ3) is 5.13. The number of nitrogens with zero attached hydrogens (tertiary/aromatic N) is 3. The minimum Gasteiger partial charge on any atom is -0.338 e. The number of benzene rings is 2. The fraction of sp³-hybridized carbons (Fsp3) is 0.435. The van der Waals surface area contributed by atoms with Crippen LogP contribution in [0.1, 0.15) is 31.0 Å². The lowest BCUT2D eigenvalue weighted by Crippen LogP contribution is -2.53. The zero-order valence-corrected chi connectivity index (χ0v) is 17.6. The normalized spacial score (nSPS) is 18.1. The molecule has 1 saturated heterocycles. The predicted molar refractivity (Wildman–Crippen MR) is 115 cm³/mol. The van der Waals surface area contributed by atoms with Crippen molar-refractivity contribution in [1.82, 2.24) is 14.7 Å². The molecule has 1 unspecified atom stereocenters. The van der Waals surface area contributed by atoms with Crippen molar-refractivity contribution in [2.45, 2.75) is 26.4 Å². The first-order valence-corrected chi connectivity index (χ1v) is 10.5. The maximum absolute atomic E-state index is 13.4. The quantitative estimate of drug-likeness (QED) is 0.669. The number of carbonyl (C=O) groups is 1. The van der Waals surface area contributed by atoms with Crippen molar-refractivity contribution in [2.75, 3.05) is 39.3 Å². The van der Waals surface area contributed by atoms with E-state index >= 15 is 0 Å². The molecule has 1 heterocycles. The van der Waals surface area contributed by atoms with Gasteiger partial charge in [-0.05, 0) is 36.3 Å². The Kier molecular flexibility index (Phi) is 7.49. The third-order valence-corrected chi connectivity index (χ3v) is 5.77. The number of amides is 1. The maximum Gasteiger partial charge on any atom is 0.244 e. The van der Waals surface area contributed by atoms with Crippen LogP contribution in [0.25, 0.3) is 0 Å². The molecule has 1 amide bonds. The second-order valence-electron chi connectivity index (χ2n) is 7.27. The molecule has 28 heavy (non-hydrogen) atoms. The summed E-state index contributed by atoms with van der Waals surface area (Å²) in [5.74, 6) is 0.201. The summed E-state index contributed by atoms with van der Waals surface area (Å²) in [7, 11) is 0. The highest BCUT2D eigenvalue weighted by atomic mass is 35.5. The van der Waals surface area contributed by atoms with Crippen LogP contribution in [0, 0.1) is 0 Å². The van der Waals surface area contributed by atoms with E-state index in [1.165, 1.54) is 0 Å². The average molecular weight is 400 g/mol. The molecule has 5 heteroatoms. The van der Waals surface area contributed by atoms with Crippen LogP contribution >= 0.6 is 11.6 Å². The highest BCUT2D eigenvalue weighted by molar-refractivity contribution is 6.30. The molecule has 1 atom stereocenters. The Hall–Kier alpha value is -1.88. The van der Waals surface area contributed by atoms with Gasteiger partial charge in [-0.2, -0.15) is 0 Å². The molecule has 0 saturated carbocycles. The lowest BCUT2D eigenvalue weighted by molar-refractivity contribution is -0.142. The van der Waals surface area contributed by atoms with Crippen LogP contribution < -0.4 is 0 Å². The highest BCUT2D eigenvalue weighted by Crippen LogP contribution is 2.28. The first-order valence-electron chi connectivity index (χ1n) is 10.2. The molecule has 2 aromatic carbocycles. The van der Waals surface area contributed by atoms with Crippen LogP contribution in [0.5, 0.6) is 0 Å².